The number of hydrogen-bond acceptors (Lipinski definition) is 4. The molecule has 0 fully saturated rings. The highest BCUT2D eigenvalue weighted by Crippen LogP contribution is 2.26. The first-order valence-electron chi connectivity index (χ1n) is 6.97. The maximum Gasteiger partial charge on any atom is 0.234 e. The van der Waals surface area contributed by atoms with Gasteiger partial charge in [-0.25, -0.2) is 0 Å². The Balaban J connectivity index is 1.98. The topological polar surface area (TPSA) is 59.8 Å². The number of amides is 1. The van der Waals surface area contributed by atoms with Crippen LogP contribution in [0.1, 0.15) is 31.7 Å². The molecule has 0 saturated carbocycles. The molecule has 5 nitrogen and oxygen atoms in total. The SMILES string of the molecule is CC[C@H](C)c1ccccc1NC(=O)CSc1nncn1C. The van der Waals surface area contributed by atoms with Crippen molar-refractivity contribution in [2.75, 3.05) is 11.1 Å². The molecule has 0 spiro atoms. The Bertz CT molecular complexity index is 611. The number of rotatable bonds is 6. The second kappa shape index (κ2) is 7.26. The van der Waals surface area contributed by atoms with Gasteiger partial charge in [0.05, 0.1) is 5.75 Å². The zero-order valence-corrected chi connectivity index (χ0v) is 13.4. The molecule has 1 amide bonds. The van der Waals surface area contributed by atoms with Crippen LogP contribution in [0.15, 0.2) is 35.7 Å². The average molecular weight is 304 g/mol. The first kappa shape index (κ1) is 15.6. The summed E-state index contributed by atoms with van der Waals surface area (Å²) in [6, 6.07) is 7.97. The van der Waals surface area contributed by atoms with E-state index in [0.717, 1.165) is 17.3 Å². The van der Waals surface area contributed by atoms with E-state index < -0.39 is 0 Å². The van der Waals surface area contributed by atoms with Crippen LogP contribution >= 0.6 is 11.8 Å². The van der Waals surface area contributed by atoms with Gasteiger partial charge in [0.1, 0.15) is 6.33 Å². The Hall–Kier alpha value is -1.82. The van der Waals surface area contributed by atoms with E-state index in [1.807, 2.05) is 25.2 Å². The number of para-hydroxylation sites is 1. The lowest BCUT2D eigenvalue weighted by Crippen LogP contribution is -2.16. The van der Waals surface area contributed by atoms with Gasteiger partial charge in [-0.05, 0) is 24.0 Å². The molecule has 2 rings (SSSR count). The molecular weight excluding hydrogens is 284 g/mol. The van der Waals surface area contributed by atoms with Crippen LogP contribution in [0, 0.1) is 0 Å². The normalized spacial score (nSPS) is 12.1. The number of nitrogens with zero attached hydrogens (tertiary/aromatic N) is 3. The third kappa shape index (κ3) is 4.07. The number of anilines is 1. The monoisotopic (exact) mass is 304 g/mol. The molecule has 1 atom stereocenters. The minimum atomic E-state index is -0.0289. The van der Waals surface area contributed by atoms with Gasteiger partial charge < -0.3 is 9.88 Å². The van der Waals surface area contributed by atoms with E-state index in [2.05, 4.69) is 35.4 Å². The Morgan fingerprint density at radius 2 is 2.19 bits per heavy atom. The third-order valence-electron chi connectivity index (χ3n) is 3.38. The lowest BCUT2D eigenvalue weighted by Gasteiger charge is -2.15. The third-order valence-corrected chi connectivity index (χ3v) is 4.41. The van der Waals surface area contributed by atoms with Gasteiger partial charge in [0.2, 0.25) is 5.91 Å². The van der Waals surface area contributed by atoms with Gasteiger partial charge in [0.25, 0.3) is 0 Å². The van der Waals surface area contributed by atoms with Crippen molar-refractivity contribution < 1.29 is 4.79 Å². The minimum Gasteiger partial charge on any atom is -0.325 e. The summed E-state index contributed by atoms with van der Waals surface area (Å²) < 4.78 is 1.80. The van der Waals surface area contributed by atoms with Crippen molar-refractivity contribution >= 4 is 23.4 Å². The molecule has 112 valence electrons. The summed E-state index contributed by atoms with van der Waals surface area (Å²) in [6.07, 6.45) is 2.67. The molecule has 1 heterocycles. The number of hydrogen-bond donors (Lipinski definition) is 1. The number of aryl methyl sites for hydroxylation is 1. The van der Waals surface area contributed by atoms with Crippen LogP contribution in [0.4, 0.5) is 5.69 Å². The highest BCUT2D eigenvalue weighted by molar-refractivity contribution is 7.99. The molecule has 1 aromatic carbocycles. The second-order valence-electron chi connectivity index (χ2n) is 4.96. The van der Waals surface area contributed by atoms with E-state index >= 15 is 0 Å². The van der Waals surface area contributed by atoms with E-state index in [1.54, 1.807) is 10.9 Å². The summed E-state index contributed by atoms with van der Waals surface area (Å²) in [5.41, 5.74) is 2.08. The largest absolute Gasteiger partial charge is 0.325 e. The molecule has 0 aliphatic rings. The van der Waals surface area contributed by atoms with Crippen molar-refractivity contribution in [3.63, 3.8) is 0 Å². The smallest absolute Gasteiger partial charge is 0.234 e. The van der Waals surface area contributed by atoms with Crippen LogP contribution < -0.4 is 5.32 Å². The van der Waals surface area contributed by atoms with E-state index in [1.165, 1.54) is 17.3 Å². The van der Waals surface area contributed by atoms with E-state index in [0.29, 0.717) is 11.7 Å². The van der Waals surface area contributed by atoms with Gasteiger partial charge in [0.15, 0.2) is 5.16 Å². The van der Waals surface area contributed by atoms with Crippen molar-refractivity contribution in [2.24, 2.45) is 7.05 Å². The Morgan fingerprint density at radius 3 is 2.86 bits per heavy atom. The number of thioether (sulfide) groups is 1. The zero-order chi connectivity index (χ0) is 15.2. The maximum atomic E-state index is 12.1. The standard InChI is InChI=1S/C15H20N4OS/c1-4-11(2)12-7-5-6-8-13(12)17-14(20)9-21-15-18-16-10-19(15)3/h5-8,10-11H,4,9H2,1-3H3,(H,17,20)/t11-/m0/s1. The van der Waals surface area contributed by atoms with Gasteiger partial charge in [-0.3, -0.25) is 4.79 Å². The van der Waals surface area contributed by atoms with Gasteiger partial charge in [0, 0.05) is 12.7 Å². The fourth-order valence-electron chi connectivity index (χ4n) is 1.98. The molecule has 0 saturated heterocycles. The van der Waals surface area contributed by atoms with E-state index in [-0.39, 0.29) is 5.91 Å². The summed E-state index contributed by atoms with van der Waals surface area (Å²) in [4.78, 5) is 12.1. The number of nitrogens with one attached hydrogen (secondary N) is 1. The highest BCUT2D eigenvalue weighted by Gasteiger charge is 2.12. The van der Waals surface area contributed by atoms with Gasteiger partial charge >= 0.3 is 0 Å². The number of carbonyl (C=O) groups excluding carboxylic acids is 1. The number of aromatic nitrogens is 3. The molecule has 6 heteroatoms. The quantitative estimate of drug-likeness (QED) is 0.833. The molecule has 0 aliphatic heterocycles. The molecular formula is C15H20N4OS. The van der Waals surface area contributed by atoms with Crippen molar-refractivity contribution in [3.8, 4) is 0 Å². The summed E-state index contributed by atoms with van der Waals surface area (Å²) in [5, 5.41) is 11.5. The van der Waals surface area contributed by atoms with Gasteiger partial charge in [-0.1, -0.05) is 43.8 Å². The maximum absolute atomic E-state index is 12.1. The lowest BCUT2D eigenvalue weighted by atomic mass is 9.97. The molecule has 0 unspecified atom stereocenters. The summed E-state index contributed by atoms with van der Waals surface area (Å²) >= 11 is 1.38. The number of carbonyl (C=O) groups is 1. The second-order valence-corrected chi connectivity index (χ2v) is 5.90. The van der Waals surface area contributed by atoms with Crippen LogP contribution in [0.25, 0.3) is 0 Å². The fourth-order valence-corrected chi connectivity index (χ4v) is 2.67. The van der Waals surface area contributed by atoms with Crippen LogP contribution in [-0.4, -0.2) is 26.4 Å². The molecule has 2 aromatic rings. The summed E-state index contributed by atoms with van der Waals surface area (Å²) in [6.45, 7) is 4.31. The lowest BCUT2D eigenvalue weighted by molar-refractivity contribution is -0.113. The van der Waals surface area contributed by atoms with E-state index in [4.69, 9.17) is 0 Å². The van der Waals surface area contributed by atoms with Gasteiger partial charge in [-0.15, -0.1) is 10.2 Å². The van der Waals surface area contributed by atoms with Crippen molar-refractivity contribution in [3.05, 3.63) is 36.2 Å². The Labute approximate surface area is 129 Å². The number of benzene rings is 1. The molecule has 1 N–H and O–H groups in total. The van der Waals surface area contributed by atoms with Crippen molar-refractivity contribution in [1.82, 2.24) is 14.8 Å². The predicted octanol–water partition coefficient (Wildman–Crippen LogP) is 3.06. The Kier molecular flexibility index (Phi) is 5.38. The Morgan fingerprint density at radius 1 is 1.43 bits per heavy atom. The first-order chi connectivity index (χ1) is 10.1. The average Bonchev–Trinajstić information content (AvgIpc) is 2.90. The minimum absolute atomic E-state index is 0.0289. The van der Waals surface area contributed by atoms with Crippen molar-refractivity contribution in [2.45, 2.75) is 31.3 Å². The van der Waals surface area contributed by atoms with Crippen LogP contribution in [0.3, 0.4) is 0 Å². The predicted molar refractivity (Wildman–Crippen MR) is 85.5 cm³/mol. The molecule has 0 radical (unpaired) electrons. The van der Waals surface area contributed by atoms with Gasteiger partial charge in [-0.2, -0.15) is 0 Å². The van der Waals surface area contributed by atoms with E-state index in [9.17, 15) is 4.79 Å². The highest BCUT2D eigenvalue weighted by atomic mass is 32.2. The molecule has 1 aromatic heterocycles. The van der Waals surface area contributed by atoms with Crippen LogP contribution in [0.2, 0.25) is 0 Å². The molecule has 0 bridgehead atoms. The van der Waals surface area contributed by atoms with Crippen LogP contribution in [0.5, 0.6) is 0 Å². The molecule has 21 heavy (non-hydrogen) atoms. The zero-order valence-electron chi connectivity index (χ0n) is 12.5. The van der Waals surface area contributed by atoms with Crippen molar-refractivity contribution in [1.29, 1.82) is 0 Å². The molecule has 0 aliphatic carbocycles. The summed E-state index contributed by atoms with van der Waals surface area (Å²) in [5.74, 6) is 0.716. The first-order valence-corrected chi connectivity index (χ1v) is 7.96. The van der Waals surface area contributed by atoms with Crippen LogP contribution in [-0.2, 0) is 11.8 Å². The fraction of sp³-hybridized carbons (Fsp3) is 0.400. The summed E-state index contributed by atoms with van der Waals surface area (Å²) in [7, 11) is 1.86.